The van der Waals surface area contributed by atoms with Gasteiger partial charge in [-0.3, -0.25) is 9.97 Å². The maximum atomic E-state index is 4.66. The molecule has 0 saturated carbocycles. The second-order valence-electron chi connectivity index (χ2n) is 7.26. The van der Waals surface area contributed by atoms with Crippen molar-refractivity contribution in [2.45, 2.75) is 33.2 Å². The second kappa shape index (κ2) is 7.38. The average molecular weight is 333 g/mol. The van der Waals surface area contributed by atoms with Crippen LogP contribution in [0.15, 0.2) is 61.3 Å². The Morgan fingerprint density at radius 3 is 2.36 bits per heavy atom. The van der Waals surface area contributed by atoms with Gasteiger partial charge in [-0.1, -0.05) is 26.8 Å². The van der Waals surface area contributed by atoms with Crippen molar-refractivity contribution in [2.24, 2.45) is 5.41 Å². The fourth-order valence-corrected chi connectivity index (χ4v) is 2.71. The molecule has 128 valence electrons. The largest absolute Gasteiger partial charge is 0.347 e. The van der Waals surface area contributed by atoms with Gasteiger partial charge < -0.3 is 5.32 Å². The molecule has 0 unspecified atom stereocenters. The lowest BCUT2D eigenvalue weighted by atomic mass is 9.86. The minimum Gasteiger partial charge on any atom is -0.347 e. The van der Waals surface area contributed by atoms with Crippen molar-refractivity contribution in [1.29, 1.82) is 0 Å². The van der Waals surface area contributed by atoms with Gasteiger partial charge in [-0.05, 0) is 41.7 Å². The van der Waals surface area contributed by atoms with E-state index in [1.807, 2.05) is 30.5 Å². The second-order valence-corrected chi connectivity index (χ2v) is 7.26. The van der Waals surface area contributed by atoms with Crippen LogP contribution in [0.1, 0.15) is 38.8 Å². The number of hydrogen-bond acceptors (Lipinski definition) is 5. The van der Waals surface area contributed by atoms with Gasteiger partial charge in [-0.25, -0.2) is 9.97 Å². The van der Waals surface area contributed by atoms with Crippen LogP contribution >= 0.6 is 0 Å². The molecular formula is C20H23N5. The van der Waals surface area contributed by atoms with E-state index in [1.54, 1.807) is 24.8 Å². The van der Waals surface area contributed by atoms with Crippen LogP contribution < -0.4 is 5.32 Å². The van der Waals surface area contributed by atoms with E-state index in [0.29, 0.717) is 5.95 Å². The summed E-state index contributed by atoms with van der Waals surface area (Å²) in [6.45, 7) is 6.68. The van der Waals surface area contributed by atoms with Crippen molar-refractivity contribution >= 4 is 5.95 Å². The van der Waals surface area contributed by atoms with Crippen LogP contribution in [0.25, 0.3) is 11.3 Å². The van der Waals surface area contributed by atoms with Crippen molar-refractivity contribution < 1.29 is 0 Å². The fraction of sp³-hybridized carbons (Fsp3) is 0.300. The summed E-state index contributed by atoms with van der Waals surface area (Å²) < 4.78 is 0. The van der Waals surface area contributed by atoms with Crippen LogP contribution in [-0.2, 0) is 0 Å². The van der Waals surface area contributed by atoms with Crippen LogP contribution in [0, 0.1) is 5.41 Å². The van der Waals surface area contributed by atoms with Gasteiger partial charge >= 0.3 is 0 Å². The number of anilines is 1. The number of aromatic nitrogens is 4. The van der Waals surface area contributed by atoms with Crippen molar-refractivity contribution in [2.75, 3.05) is 5.32 Å². The maximum Gasteiger partial charge on any atom is 0.223 e. The first-order chi connectivity index (χ1) is 12.0. The molecule has 3 aromatic heterocycles. The minimum absolute atomic E-state index is 0.0952. The molecule has 0 amide bonds. The number of nitrogens with one attached hydrogen (secondary N) is 1. The third-order valence-electron chi connectivity index (χ3n) is 3.82. The number of rotatable bonds is 5. The first-order valence-corrected chi connectivity index (χ1v) is 8.41. The highest BCUT2D eigenvalue weighted by molar-refractivity contribution is 5.58. The Bertz CT molecular complexity index is 797. The molecule has 3 aromatic rings. The molecule has 5 heteroatoms. The molecule has 0 aliphatic rings. The molecule has 0 radical (unpaired) electrons. The smallest absolute Gasteiger partial charge is 0.223 e. The van der Waals surface area contributed by atoms with Crippen molar-refractivity contribution in [3.05, 3.63) is 66.9 Å². The van der Waals surface area contributed by atoms with Crippen LogP contribution in [-0.4, -0.2) is 19.9 Å². The normalized spacial score (nSPS) is 12.6. The maximum absolute atomic E-state index is 4.66. The Morgan fingerprint density at radius 1 is 0.960 bits per heavy atom. The SMILES string of the molecule is CC(C)(C)C[C@@H](Nc1nccc(-c2cccnc2)n1)c1cccnc1. The van der Waals surface area contributed by atoms with E-state index in [0.717, 1.165) is 23.2 Å². The van der Waals surface area contributed by atoms with Gasteiger partial charge in [0.25, 0.3) is 0 Å². The number of pyridine rings is 2. The van der Waals surface area contributed by atoms with E-state index in [9.17, 15) is 0 Å². The van der Waals surface area contributed by atoms with Crippen LogP contribution in [0.3, 0.4) is 0 Å². The molecule has 0 bridgehead atoms. The van der Waals surface area contributed by atoms with Gasteiger partial charge in [0.2, 0.25) is 5.95 Å². The molecule has 0 aromatic carbocycles. The Labute approximate surface area is 148 Å². The summed E-state index contributed by atoms with van der Waals surface area (Å²) in [5.74, 6) is 0.611. The summed E-state index contributed by atoms with van der Waals surface area (Å²) in [5, 5.41) is 3.48. The third kappa shape index (κ3) is 4.83. The minimum atomic E-state index is 0.0952. The summed E-state index contributed by atoms with van der Waals surface area (Å²) in [5.41, 5.74) is 3.12. The molecule has 3 rings (SSSR count). The molecule has 3 heterocycles. The zero-order valence-corrected chi connectivity index (χ0v) is 14.8. The molecule has 0 spiro atoms. The van der Waals surface area contributed by atoms with E-state index in [2.05, 4.69) is 52.1 Å². The van der Waals surface area contributed by atoms with Crippen molar-refractivity contribution in [1.82, 2.24) is 19.9 Å². The average Bonchev–Trinajstić information content (AvgIpc) is 2.62. The van der Waals surface area contributed by atoms with Crippen LogP contribution in [0.2, 0.25) is 0 Å². The lowest BCUT2D eigenvalue weighted by Gasteiger charge is -2.27. The van der Waals surface area contributed by atoms with E-state index < -0.39 is 0 Å². The van der Waals surface area contributed by atoms with Gasteiger partial charge in [0.05, 0.1) is 11.7 Å². The van der Waals surface area contributed by atoms with Crippen LogP contribution in [0.5, 0.6) is 0 Å². The molecular weight excluding hydrogens is 310 g/mol. The molecule has 0 aliphatic heterocycles. The summed E-state index contributed by atoms with van der Waals surface area (Å²) in [6.07, 6.45) is 9.96. The Kier molecular flexibility index (Phi) is 5.03. The van der Waals surface area contributed by atoms with E-state index >= 15 is 0 Å². The zero-order chi connectivity index (χ0) is 17.7. The topological polar surface area (TPSA) is 63.6 Å². The Hall–Kier alpha value is -2.82. The van der Waals surface area contributed by atoms with Gasteiger partial charge in [-0.15, -0.1) is 0 Å². The predicted octanol–water partition coefficient (Wildman–Crippen LogP) is 4.52. The van der Waals surface area contributed by atoms with Crippen molar-refractivity contribution in [3.63, 3.8) is 0 Å². The molecule has 1 atom stereocenters. The molecule has 5 nitrogen and oxygen atoms in total. The summed E-state index contributed by atoms with van der Waals surface area (Å²) in [7, 11) is 0. The highest BCUT2D eigenvalue weighted by atomic mass is 15.1. The quantitative estimate of drug-likeness (QED) is 0.743. The molecule has 0 aliphatic carbocycles. The fourth-order valence-electron chi connectivity index (χ4n) is 2.71. The van der Waals surface area contributed by atoms with Crippen molar-refractivity contribution in [3.8, 4) is 11.3 Å². The highest BCUT2D eigenvalue weighted by Crippen LogP contribution is 2.31. The predicted molar refractivity (Wildman–Crippen MR) is 99.9 cm³/mol. The lowest BCUT2D eigenvalue weighted by Crippen LogP contribution is -2.20. The third-order valence-corrected chi connectivity index (χ3v) is 3.82. The molecule has 0 fully saturated rings. The summed E-state index contributed by atoms with van der Waals surface area (Å²) >= 11 is 0. The molecule has 25 heavy (non-hydrogen) atoms. The lowest BCUT2D eigenvalue weighted by molar-refractivity contribution is 0.351. The Morgan fingerprint density at radius 2 is 1.72 bits per heavy atom. The first-order valence-electron chi connectivity index (χ1n) is 8.41. The van der Waals surface area contributed by atoms with Gasteiger partial charge in [-0.2, -0.15) is 0 Å². The van der Waals surface area contributed by atoms with Crippen LogP contribution in [0.4, 0.5) is 5.95 Å². The van der Waals surface area contributed by atoms with Gasteiger partial charge in [0.15, 0.2) is 0 Å². The van der Waals surface area contributed by atoms with E-state index in [4.69, 9.17) is 0 Å². The molecule has 0 saturated heterocycles. The zero-order valence-electron chi connectivity index (χ0n) is 14.8. The number of hydrogen-bond donors (Lipinski definition) is 1. The van der Waals surface area contributed by atoms with E-state index in [-0.39, 0.29) is 11.5 Å². The van der Waals surface area contributed by atoms with Gasteiger partial charge in [0, 0.05) is 36.5 Å². The Balaban J connectivity index is 1.87. The molecule has 1 N–H and O–H groups in total. The summed E-state index contributed by atoms with van der Waals surface area (Å²) in [4.78, 5) is 17.5. The number of nitrogens with zero attached hydrogens (tertiary/aromatic N) is 4. The monoisotopic (exact) mass is 333 g/mol. The summed E-state index contributed by atoms with van der Waals surface area (Å²) in [6, 6.07) is 9.93. The van der Waals surface area contributed by atoms with Gasteiger partial charge in [0.1, 0.15) is 0 Å². The standard InChI is InChI=1S/C20H23N5/c1-20(2,3)12-18(16-7-5-10-22-14-16)25-19-23-11-8-17(24-19)15-6-4-9-21-13-15/h4-11,13-14,18H,12H2,1-3H3,(H,23,24,25)/t18-/m1/s1. The van der Waals surface area contributed by atoms with E-state index in [1.165, 1.54) is 0 Å². The highest BCUT2D eigenvalue weighted by Gasteiger charge is 2.21. The first kappa shape index (κ1) is 17.0.